The number of hydrogen-bond acceptors (Lipinski definition) is 4. The van der Waals surface area contributed by atoms with Gasteiger partial charge in [-0.15, -0.1) is 0 Å². The number of aromatic nitrogens is 1. The number of benzene rings is 1. The SMILES string of the molecule is O=C(CCn1ccc2ccccc21)NCC(O)CN1CCOCC1. The number of fused-ring (bicyclic) bond motifs is 1. The van der Waals surface area contributed by atoms with Crippen molar-refractivity contribution in [1.29, 1.82) is 0 Å². The maximum atomic E-state index is 12.0. The molecule has 3 rings (SSSR count). The van der Waals surface area contributed by atoms with Crippen LogP contribution in [0.25, 0.3) is 10.9 Å². The minimum atomic E-state index is -0.542. The third-order valence-electron chi connectivity index (χ3n) is 4.37. The Kier molecular flexibility index (Phi) is 5.85. The summed E-state index contributed by atoms with van der Waals surface area (Å²) >= 11 is 0. The third-order valence-corrected chi connectivity index (χ3v) is 4.37. The van der Waals surface area contributed by atoms with E-state index in [9.17, 15) is 9.90 Å². The van der Waals surface area contributed by atoms with Gasteiger partial charge in [0.15, 0.2) is 0 Å². The summed E-state index contributed by atoms with van der Waals surface area (Å²) in [5.74, 6) is -0.0335. The molecule has 2 aromatic rings. The van der Waals surface area contributed by atoms with Crippen molar-refractivity contribution >= 4 is 16.8 Å². The van der Waals surface area contributed by atoms with Gasteiger partial charge in [-0.25, -0.2) is 0 Å². The van der Waals surface area contributed by atoms with Crippen molar-refractivity contribution < 1.29 is 14.6 Å². The van der Waals surface area contributed by atoms with Crippen LogP contribution in [0.4, 0.5) is 0 Å². The van der Waals surface area contributed by atoms with Gasteiger partial charge in [0.05, 0.1) is 19.3 Å². The van der Waals surface area contributed by atoms with Crippen molar-refractivity contribution in [3.8, 4) is 0 Å². The molecule has 0 saturated carbocycles. The van der Waals surface area contributed by atoms with Crippen molar-refractivity contribution in [3.63, 3.8) is 0 Å². The summed E-state index contributed by atoms with van der Waals surface area (Å²) in [5, 5.41) is 14.0. The van der Waals surface area contributed by atoms with E-state index in [0.717, 1.165) is 18.6 Å². The summed E-state index contributed by atoms with van der Waals surface area (Å²) in [7, 11) is 0. The predicted octanol–water partition coefficient (Wildman–Crippen LogP) is 0.841. The lowest BCUT2D eigenvalue weighted by atomic mass is 10.2. The van der Waals surface area contributed by atoms with Gasteiger partial charge in [-0.3, -0.25) is 9.69 Å². The minimum absolute atomic E-state index is 0.0335. The first kappa shape index (κ1) is 17.0. The molecule has 1 atom stereocenters. The van der Waals surface area contributed by atoms with Crippen LogP contribution in [0.1, 0.15) is 6.42 Å². The van der Waals surface area contributed by atoms with Gasteiger partial charge in [-0.05, 0) is 17.5 Å². The van der Waals surface area contributed by atoms with Crippen LogP contribution in [0.5, 0.6) is 0 Å². The number of amides is 1. The fraction of sp³-hybridized carbons (Fsp3) is 0.500. The van der Waals surface area contributed by atoms with Crippen LogP contribution in [-0.4, -0.2) is 66.0 Å². The van der Waals surface area contributed by atoms with Gasteiger partial charge in [-0.1, -0.05) is 18.2 Å². The van der Waals surface area contributed by atoms with Gasteiger partial charge >= 0.3 is 0 Å². The van der Waals surface area contributed by atoms with Crippen LogP contribution in [-0.2, 0) is 16.1 Å². The molecule has 1 fully saturated rings. The maximum absolute atomic E-state index is 12.0. The van der Waals surface area contributed by atoms with Crippen LogP contribution < -0.4 is 5.32 Å². The normalized spacial score (nSPS) is 17.0. The lowest BCUT2D eigenvalue weighted by Crippen LogP contribution is -2.44. The summed E-state index contributed by atoms with van der Waals surface area (Å²) in [5.41, 5.74) is 1.14. The molecule has 0 radical (unpaired) electrons. The number of morpholine rings is 1. The highest BCUT2D eigenvalue weighted by Crippen LogP contribution is 2.15. The second kappa shape index (κ2) is 8.28. The van der Waals surface area contributed by atoms with E-state index in [1.54, 1.807) is 0 Å². The van der Waals surface area contributed by atoms with E-state index in [1.807, 2.05) is 18.3 Å². The van der Waals surface area contributed by atoms with Crippen molar-refractivity contribution in [1.82, 2.24) is 14.8 Å². The van der Waals surface area contributed by atoms with Gasteiger partial charge in [0, 0.05) is 50.9 Å². The lowest BCUT2D eigenvalue weighted by molar-refractivity contribution is -0.121. The van der Waals surface area contributed by atoms with E-state index in [2.05, 4.69) is 33.0 Å². The molecule has 1 aliphatic heterocycles. The van der Waals surface area contributed by atoms with Crippen molar-refractivity contribution in [3.05, 3.63) is 36.5 Å². The Balaban J connectivity index is 1.39. The molecule has 0 spiro atoms. The number of nitrogens with zero attached hydrogens (tertiary/aromatic N) is 2. The Morgan fingerprint density at radius 2 is 2.04 bits per heavy atom. The third kappa shape index (κ3) is 4.56. The van der Waals surface area contributed by atoms with Crippen LogP contribution >= 0.6 is 0 Å². The summed E-state index contributed by atoms with van der Waals surface area (Å²) in [6, 6.07) is 10.2. The monoisotopic (exact) mass is 331 g/mol. The maximum Gasteiger partial charge on any atom is 0.221 e. The standard InChI is InChI=1S/C18H25N3O3/c22-16(14-20-9-11-24-12-10-20)13-19-18(23)6-8-21-7-5-15-3-1-2-4-17(15)21/h1-5,7,16,22H,6,8-14H2,(H,19,23). The van der Waals surface area contributed by atoms with E-state index in [1.165, 1.54) is 5.39 Å². The number of aliphatic hydroxyl groups excluding tert-OH is 1. The van der Waals surface area contributed by atoms with E-state index >= 15 is 0 Å². The molecule has 2 N–H and O–H groups in total. The quantitative estimate of drug-likeness (QED) is 0.789. The van der Waals surface area contributed by atoms with Crippen LogP contribution in [0.15, 0.2) is 36.5 Å². The number of β-amino-alcohol motifs (C(OH)–C–C–N with tert-alkyl or cyclic N) is 1. The van der Waals surface area contributed by atoms with E-state index in [4.69, 9.17) is 4.74 Å². The first-order valence-corrected chi connectivity index (χ1v) is 8.51. The molecule has 2 heterocycles. The summed E-state index contributed by atoms with van der Waals surface area (Å²) in [4.78, 5) is 14.2. The first-order valence-electron chi connectivity index (χ1n) is 8.51. The topological polar surface area (TPSA) is 66.7 Å². The van der Waals surface area contributed by atoms with Gasteiger partial charge in [-0.2, -0.15) is 0 Å². The molecule has 6 heteroatoms. The van der Waals surface area contributed by atoms with Crippen molar-refractivity contribution in [2.45, 2.75) is 19.1 Å². The molecule has 130 valence electrons. The number of ether oxygens (including phenoxy) is 1. The average molecular weight is 331 g/mol. The second-order valence-corrected chi connectivity index (χ2v) is 6.19. The molecule has 1 saturated heterocycles. The van der Waals surface area contributed by atoms with Crippen molar-refractivity contribution in [2.75, 3.05) is 39.4 Å². The smallest absolute Gasteiger partial charge is 0.221 e. The highest BCUT2D eigenvalue weighted by molar-refractivity contribution is 5.80. The van der Waals surface area contributed by atoms with Crippen molar-refractivity contribution in [2.24, 2.45) is 0 Å². The molecule has 1 amide bonds. The Morgan fingerprint density at radius 1 is 1.25 bits per heavy atom. The highest BCUT2D eigenvalue weighted by atomic mass is 16.5. The molecule has 0 aliphatic carbocycles. The zero-order valence-electron chi connectivity index (χ0n) is 13.9. The molecule has 1 aromatic carbocycles. The molecule has 0 bridgehead atoms. The molecule has 1 unspecified atom stereocenters. The van der Waals surface area contributed by atoms with Crippen LogP contribution in [0, 0.1) is 0 Å². The number of carbonyl (C=O) groups is 1. The molecule has 24 heavy (non-hydrogen) atoms. The second-order valence-electron chi connectivity index (χ2n) is 6.19. The van der Waals surface area contributed by atoms with E-state index in [0.29, 0.717) is 39.3 Å². The van der Waals surface area contributed by atoms with Gasteiger partial charge in [0.25, 0.3) is 0 Å². The first-order chi connectivity index (χ1) is 11.7. The zero-order chi connectivity index (χ0) is 16.8. The number of rotatable bonds is 7. The van der Waals surface area contributed by atoms with Gasteiger partial charge < -0.3 is 19.7 Å². The number of hydrogen-bond donors (Lipinski definition) is 2. The predicted molar refractivity (Wildman–Crippen MR) is 92.8 cm³/mol. The molecule has 1 aromatic heterocycles. The Morgan fingerprint density at radius 3 is 2.88 bits per heavy atom. The van der Waals surface area contributed by atoms with Crippen LogP contribution in [0.3, 0.4) is 0 Å². The number of carbonyl (C=O) groups excluding carboxylic acids is 1. The fourth-order valence-electron chi connectivity index (χ4n) is 3.02. The number of nitrogens with one attached hydrogen (secondary N) is 1. The number of para-hydroxylation sites is 1. The van der Waals surface area contributed by atoms with E-state index in [-0.39, 0.29) is 5.91 Å². The molecular formula is C18H25N3O3. The Bertz CT molecular complexity index is 664. The van der Waals surface area contributed by atoms with Gasteiger partial charge in [0.1, 0.15) is 0 Å². The zero-order valence-corrected chi connectivity index (χ0v) is 13.9. The summed E-state index contributed by atoms with van der Waals surface area (Å²) in [6.45, 7) is 4.61. The van der Waals surface area contributed by atoms with Crippen LogP contribution in [0.2, 0.25) is 0 Å². The minimum Gasteiger partial charge on any atom is -0.390 e. The number of aliphatic hydroxyl groups is 1. The number of aryl methyl sites for hydroxylation is 1. The van der Waals surface area contributed by atoms with Gasteiger partial charge in [0.2, 0.25) is 5.91 Å². The Hall–Kier alpha value is -1.89. The molecule has 6 nitrogen and oxygen atoms in total. The summed E-state index contributed by atoms with van der Waals surface area (Å²) in [6.07, 6.45) is 1.87. The van der Waals surface area contributed by atoms with E-state index < -0.39 is 6.10 Å². The largest absolute Gasteiger partial charge is 0.390 e. The molecular weight excluding hydrogens is 306 g/mol. The summed E-state index contributed by atoms with van der Waals surface area (Å²) < 4.78 is 7.36. The molecule has 1 aliphatic rings. The lowest BCUT2D eigenvalue weighted by Gasteiger charge is -2.28. The highest BCUT2D eigenvalue weighted by Gasteiger charge is 2.15. The Labute approximate surface area is 142 Å². The average Bonchev–Trinajstić information content (AvgIpc) is 3.02. The fourth-order valence-corrected chi connectivity index (χ4v) is 3.02.